The SMILES string of the molecule is N#Cc1ccncc1Oc1cc([N+](=O)[O-])ccc1Br. The molecular formula is C12H6BrN3O3. The molecule has 0 unspecified atom stereocenters. The van der Waals surface area contributed by atoms with Crippen molar-refractivity contribution in [2.45, 2.75) is 0 Å². The lowest BCUT2D eigenvalue weighted by Gasteiger charge is -2.08. The predicted octanol–water partition coefficient (Wildman–Crippen LogP) is 3.42. The van der Waals surface area contributed by atoms with E-state index in [1.807, 2.05) is 6.07 Å². The largest absolute Gasteiger partial charge is 0.453 e. The highest BCUT2D eigenvalue weighted by atomic mass is 79.9. The molecular weight excluding hydrogens is 314 g/mol. The average molecular weight is 320 g/mol. The van der Waals surface area contributed by atoms with Crippen LogP contribution in [0, 0.1) is 21.4 Å². The summed E-state index contributed by atoms with van der Waals surface area (Å²) in [5.74, 6) is 0.491. The zero-order chi connectivity index (χ0) is 13.8. The standard InChI is InChI=1S/C12H6BrN3O3/c13-10-2-1-9(16(17)18)5-11(10)19-12-7-15-4-3-8(12)6-14/h1-5,7H. The van der Waals surface area contributed by atoms with Crippen LogP contribution < -0.4 is 4.74 Å². The van der Waals surface area contributed by atoms with Crippen LogP contribution in [0.4, 0.5) is 5.69 Å². The van der Waals surface area contributed by atoms with Crippen molar-refractivity contribution in [3.05, 3.63) is 56.8 Å². The molecule has 1 aromatic carbocycles. The van der Waals surface area contributed by atoms with Crippen LogP contribution in [0.25, 0.3) is 0 Å². The third kappa shape index (κ3) is 2.86. The van der Waals surface area contributed by atoms with Gasteiger partial charge in [0.25, 0.3) is 5.69 Å². The molecule has 0 aliphatic heterocycles. The Hall–Kier alpha value is -2.46. The van der Waals surface area contributed by atoms with Crippen LogP contribution in [0.1, 0.15) is 5.56 Å². The molecule has 0 amide bonds. The first-order valence-corrected chi connectivity index (χ1v) is 5.87. The first-order chi connectivity index (χ1) is 9.11. The number of hydrogen-bond donors (Lipinski definition) is 0. The predicted molar refractivity (Wildman–Crippen MR) is 69.8 cm³/mol. The van der Waals surface area contributed by atoms with Gasteiger partial charge in [0.15, 0.2) is 5.75 Å². The zero-order valence-electron chi connectivity index (χ0n) is 9.41. The molecule has 0 bridgehead atoms. The summed E-state index contributed by atoms with van der Waals surface area (Å²) in [6.07, 6.45) is 2.84. The number of aromatic nitrogens is 1. The van der Waals surface area contributed by atoms with E-state index < -0.39 is 4.92 Å². The van der Waals surface area contributed by atoms with E-state index in [0.717, 1.165) is 0 Å². The Balaban J connectivity index is 2.41. The second kappa shape index (κ2) is 5.46. The fourth-order valence-electron chi connectivity index (χ4n) is 1.36. The molecule has 0 aliphatic rings. The van der Waals surface area contributed by atoms with E-state index in [2.05, 4.69) is 20.9 Å². The summed E-state index contributed by atoms with van der Waals surface area (Å²) < 4.78 is 6.03. The fourth-order valence-corrected chi connectivity index (χ4v) is 1.68. The minimum absolute atomic E-state index is 0.0967. The highest BCUT2D eigenvalue weighted by Crippen LogP contribution is 2.33. The molecule has 19 heavy (non-hydrogen) atoms. The molecule has 0 N–H and O–H groups in total. The first-order valence-electron chi connectivity index (χ1n) is 5.07. The van der Waals surface area contributed by atoms with Gasteiger partial charge in [0.2, 0.25) is 0 Å². The van der Waals surface area contributed by atoms with Gasteiger partial charge in [0.05, 0.1) is 27.2 Å². The summed E-state index contributed by atoms with van der Waals surface area (Å²) in [6.45, 7) is 0. The third-order valence-corrected chi connectivity index (χ3v) is 2.91. The molecule has 94 valence electrons. The van der Waals surface area contributed by atoms with Crippen LogP contribution in [-0.2, 0) is 0 Å². The Morgan fingerprint density at radius 3 is 2.84 bits per heavy atom. The van der Waals surface area contributed by atoms with Crippen LogP contribution in [0.3, 0.4) is 0 Å². The van der Waals surface area contributed by atoms with Gasteiger partial charge < -0.3 is 4.74 Å². The molecule has 2 aromatic rings. The van der Waals surface area contributed by atoms with Gasteiger partial charge in [-0.15, -0.1) is 0 Å². The maximum absolute atomic E-state index is 10.7. The van der Waals surface area contributed by atoms with Crippen LogP contribution >= 0.6 is 15.9 Å². The number of hydrogen-bond acceptors (Lipinski definition) is 5. The van der Waals surface area contributed by atoms with Crippen LogP contribution in [0.2, 0.25) is 0 Å². The molecule has 0 saturated heterocycles. The number of nitro groups is 1. The van der Waals surface area contributed by atoms with Gasteiger partial charge in [0, 0.05) is 12.3 Å². The van der Waals surface area contributed by atoms with Gasteiger partial charge in [-0.3, -0.25) is 15.1 Å². The number of pyridine rings is 1. The van der Waals surface area contributed by atoms with Crippen molar-refractivity contribution in [3.8, 4) is 17.6 Å². The second-order valence-corrected chi connectivity index (χ2v) is 4.31. The molecule has 0 fully saturated rings. The minimum atomic E-state index is -0.520. The van der Waals surface area contributed by atoms with E-state index in [9.17, 15) is 10.1 Å². The van der Waals surface area contributed by atoms with Crippen LogP contribution in [-0.4, -0.2) is 9.91 Å². The van der Waals surface area contributed by atoms with Crippen molar-refractivity contribution in [1.29, 1.82) is 5.26 Å². The first kappa shape index (κ1) is 13.0. The monoisotopic (exact) mass is 319 g/mol. The zero-order valence-corrected chi connectivity index (χ0v) is 11.0. The topological polar surface area (TPSA) is 89.0 Å². The summed E-state index contributed by atoms with van der Waals surface area (Å²) >= 11 is 3.23. The quantitative estimate of drug-likeness (QED) is 0.638. The Morgan fingerprint density at radius 2 is 2.16 bits per heavy atom. The number of nitro benzene ring substituents is 1. The van der Waals surface area contributed by atoms with E-state index in [1.165, 1.54) is 36.7 Å². The van der Waals surface area contributed by atoms with E-state index in [0.29, 0.717) is 10.0 Å². The average Bonchev–Trinajstić information content (AvgIpc) is 2.41. The van der Waals surface area contributed by atoms with Gasteiger partial charge in [-0.1, -0.05) is 0 Å². The van der Waals surface area contributed by atoms with Crippen LogP contribution in [0.5, 0.6) is 11.5 Å². The summed E-state index contributed by atoms with van der Waals surface area (Å²) in [5.41, 5.74) is 0.203. The van der Waals surface area contributed by atoms with Crippen molar-refractivity contribution in [3.63, 3.8) is 0 Å². The third-order valence-electron chi connectivity index (χ3n) is 2.25. The van der Waals surface area contributed by atoms with Crippen molar-refractivity contribution >= 4 is 21.6 Å². The van der Waals surface area contributed by atoms with Gasteiger partial charge >= 0.3 is 0 Å². The van der Waals surface area contributed by atoms with E-state index in [1.54, 1.807) is 0 Å². The number of nitrogens with zero attached hydrogens (tertiary/aromatic N) is 3. The molecule has 1 aromatic heterocycles. The van der Waals surface area contributed by atoms with Crippen molar-refractivity contribution < 1.29 is 9.66 Å². The maximum atomic E-state index is 10.7. The molecule has 0 atom stereocenters. The highest BCUT2D eigenvalue weighted by Gasteiger charge is 2.12. The number of nitriles is 1. The summed E-state index contributed by atoms with van der Waals surface area (Å²) in [5, 5.41) is 19.6. The molecule has 0 aliphatic carbocycles. The Kier molecular flexibility index (Phi) is 3.73. The normalized spacial score (nSPS) is 9.68. The van der Waals surface area contributed by atoms with Crippen molar-refractivity contribution in [1.82, 2.24) is 4.98 Å². The fraction of sp³-hybridized carbons (Fsp3) is 0. The Morgan fingerprint density at radius 1 is 1.37 bits per heavy atom. The summed E-state index contributed by atoms with van der Waals surface area (Å²) in [4.78, 5) is 14.0. The van der Waals surface area contributed by atoms with Gasteiger partial charge in [-0.05, 0) is 28.1 Å². The minimum Gasteiger partial charge on any atom is -0.453 e. The number of ether oxygens (including phenoxy) is 1. The summed E-state index contributed by atoms with van der Waals surface area (Å²) in [6, 6.07) is 7.60. The number of non-ortho nitro benzene ring substituents is 1. The summed E-state index contributed by atoms with van der Waals surface area (Å²) in [7, 11) is 0. The van der Waals surface area contributed by atoms with Gasteiger partial charge in [0.1, 0.15) is 11.8 Å². The lowest BCUT2D eigenvalue weighted by atomic mass is 10.2. The van der Waals surface area contributed by atoms with Gasteiger partial charge in [-0.2, -0.15) is 5.26 Å². The number of benzene rings is 1. The highest BCUT2D eigenvalue weighted by molar-refractivity contribution is 9.10. The molecule has 6 nitrogen and oxygen atoms in total. The molecule has 1 heterocycles. The molecule has 0 radical (unpaired) electrons. The van der Waals surface area contributed by atoms with Crippen molar-refractivity contribution in [2.24, 2.45) is 0 Å². The maximum Gasteiger partial charge on any atom is 0.273 e. The van der Waals surface area contributed by atoms with E-state index in [-0.39, 0.29) is 17.2 Å². The molecule has 0 saturated carbocycles. The molecule has 7 heteroatoms. The number of rotatable bonds is 3. The lowest BCUT2D eigenvalue weighted by Crippen LogP contribution is -1.93. The second-order valence-electron chi connectivity index (χ2n) is 3.46. The van der Waals surface area contributed by atoms with Crippen molar-refractivity contribution in [2.75, 3.05) is 0 Å². The Labute approximate surface area is 116 Å². The molecule has 0 spiro atoms. The van der Waals surface area contributed by atoms with E-state index in [4.69, 9.17) is 10.00 Å². The lowest BCUT2D eigenvalue weighted by molar-refractivity contribution is -0.384. The smallest absolute Gasteiger partial charge is 0.273 e. The van der Waals surface area contributed by atoms with Gasteiger partial charge in [-0.25, -0.2) is 0 Å². The van der Waals surface area contributed by atoms with E-state index >= 15 is 0 Å². The molecule has 2 rings (SSSR count). The van der Waals surface area contributed by atoms with Crippen LogP contribution in [0.15, 0.2) is 41.1 Å². The number of halogens is 1. The Bertz CT molecular complexity index is 682.